The summed E-state index contributed by atoms with van der Waals surface area (Å²) in [6.07, 6.45) is 6.33. The van der Waals surface area contributed by atoms with Gasteiger partial charge in [0.25, 0.3) is 0 Å². The van der Waals surface area contributed by atoms with Gasteiger partial charge < -0.3 is 0 Å². The molecule has 0 spiro atoms. The summed E-state index contributed by atoms with van der Waals surface area (Å²) in [6.45, 7) is 25.5. The highest BCUT2D eigenvalue weighted by Crippen LogP contribution is 2.18. The summed E-state index contributed by atoms with van der Waals surface area (Å²) in [5.41, 5.74) is 1.43. The lowest BCUT2D eigenvalue weighted by atomic mass is 9.94. The minimum absolute atomic E-state index is 0.770. The zero-order chi connectivity index (χ0) is 16.3. The second kappa shape index (κ2) is 26.3. The normalized spacial score (nSPS) is 10.1. The summed E-state index contributed by atoms with van der Waals surface area (Å²) in [6, 6.07) is 0. The zero-order valence-electron chi connectivity index (χ0n) is 15.9. The lowest BCUT2D eigenvalue weighted by Crippen LogP contribution is -1.97. The molecule has 0 aliphatic heterocycles. The maximum absolute atomic E-state index is 4.08. The van der Waals surface area contributed by atoms with Gasteiger partial charge in [-0.25, -0.2) is 0 Å². The Bertz CT molecular complexity index is 131. The largest absolute Gasteiger partial charge is 0.0998 e. The molecule has 19 heavy (non-hydrogen) atoms. The van der Waals surface area contributed by atoms with Crippen molar-refractivity contribution in [2.24, 2.45) is 11.8 Å². The first-order valence-corrected chi connectivity index (χ1v) is 8.64. The molecular weight excluding hydrogens is 228 g/mol. The first-order valence-electron chi connectivity index (χ1n) is 8.64. The maximum Gasteiger partial charge on any atom is -0.0297 e. The maximum atomic E-state index is 4.08. The van der Waals surface area contributed by atoms with E-state index in [4.69, 9.17) is 0 Å². The summed E-state index contributed by atoms with van der Waals surface area (Å²) in [5, 5.41) is 0. The Hall–Kier alpha value is -0.260. The van der Waals surface area contributed by atoms with Gasteiger partial charge in [0.15, 0.2) is 0 Å². The fraction of sp³-hybridized carbons (Fsp3) is 0.895. The van der Waals surface area contributed by atoms with Crippen LogP contribution in [0.25, 0.3) is 0 Å². The van der Waals surface area contributed by atoms with Crippen molar-refractivity contribution in [3.63, 3.8) is 0 Å². The van der Waals surface area contributed by atoms with E-state index in [1.54, 1.807) is 0 Å². The summed E-state index contributed by atoms with van der Waals surface area (Å²) in [7, 11) is 0. The molecule has 0 amide bonds. The molecule has 0 aliphatic rings. The molecule has 0 fully saturated rings. The van der Waals surface area contributed by atoms with E-state index >= 15 is 0 Å². The van der Waals surface area contributed by atoms with Crippen LogP contribution in [-0.4, -0.2) is 0 Å². The molecule has 0 heterocycles. The van der Waals surface area contributed by atoms with Crippen molar-refractivity contribution in [3.05, 3.63) is 12.2 Å². The molecule has 1 atom stereocenters. The van der Waals surface area contributed by atoms with Gasteiger partial charge in [-0.05, 0) is 24.7 Å². The molecule has 0 rings (SSSR count). The van der Waals surface area contributed by atoms with Crippen LogP contribution in [0.4, 0.5) is 0 Å². The van der Waals surface area contributed by atoms with Crippen molar-refractivity contribution in [2.75, 3.05) is 0 Å². The van der Waals surface area contributed by atoms with E-state index in [9.17, 15) is 0 Å². The Kier molecular flexibility index (Phi) is 37.6. The van der Waals surface area contributed by atoms with E-state index in [-0.39, 0.29) is 0 Å². The Morgan fingerprint density at radius 1 is 0.789 bits per heavy atom. The number of hydrogen-bond acceptors (Lipinski definition) is 0. The summed E-state index contributed by atoms with van der Waals surface area (Å²) in [4.78, 5) is 0. The lowest BCUT2D eigenvalue weighted by molar-refractivity contribution is 0.525. The standard InChI is InChI=1S/C11H22.C4H10.2C2H6/c1-6-10(4)8-11(5)7-9(2)3;1-3-4-2;2*1-2/h9-10H,5-8H2,1-4H3;3-4H2,1-2H3;2*1-2H3. The number of unbranched alkanes of at least 4 members (excludes halogenated alkanes) is 1. The van der Waals surface area contributed by atoms with Crippen molar-refractivity contribution in [3.8, 4) is 0 Å². The topological polar surface area (TPSA) is 0 Å². The molecule has 0 saturated carbocycles. The van der Waals surface area contributed by atoms with Gasteiger partial charge in [-0.15, -0.1) is 0 Å². The zero-order valence-corrected chi connectivity index (χ0v) is 15.9. The third-order valence-corrected chi connectivity index (χ3v) is 2.53. The third-order valence-electron chi connectivity index (χ3n) is 2.53. The van der Waals surface area contributed by atoms with E-state index in [0.717, 1.165) is 11.8 Å². The van der Waals surface area contributed by atoms with Crippen molar-refractivity contribution >= 4 is 0 Å². The predicted octanol–water partition coefficient (Wildman–Crippen LogP) is 7.88. The molecule has 120 valence electrons. The highest BCUT2D eigenvalue weighted by molar-refractivity contribution is 4.95. The molecule has 0 aliphatic carbocycles. The van der Waals surface area contributed by atoms with Gasteiger partial charge in [0, 0.05) is 0 Å². The molecular formula is C19H44. The highest BCUT2D eigenvalue weighted by Gasteiger charge is 2.03. The number of allylic oxidation sites excluding steroid dienone is 1. The van der Waals surface area contributed by atoms with Crippen molar-refractivity contribution in [1.82, 2.24) is 0 Å². The first-order chi connectivity index (χ1) is 8.97. The highest BCUT2D eigenvalue weighted by atomic mass is 14.1. The van der Waals surface area contributed by atoms with Gasteiger partial charge in [0.1, 0.15) is 0 Å². The number of rotatable bonds is 6. The van der Waals surface area contributed by atoms with E-state index in [2.05, 4.69) is 48.1 Å². The molecule has 0 radical (unpaired) electrons. The van der Waals surface area contributed by atoms with Crippen LogP contribution >= 0.6 is 0 Å². The van der Waals surface area contributed by atoms with Gasteiger partial charge in [-0.1, -0.05) is 101 Å². The van der Waals surface area contributed by atoms with Crippen LogP contribution in [0.1, 0.15) is 101 Å². The predicted molar refractivity (Wildman–Crippen MR) is 95.9 cm³/mol. The van der Waals surface area contributed by atoms with Gasteiger partial charge in [0.05, 0.1) is 0 Å². The quantitative estimate of drug-likeness (QED) is 0.431. The fourth-order valence-electron chi connectivity index (χ4n) is 1.30. The van der Waals surface area contributed by atoms with E-state index in [1.165, 1.54) is 37.7 Å². The summed E-state index contributed by atoms with van der Waals surface area (Å²) >= 11 is 0. The van der Waals surface area contributed by atoms with E-state index in [1.807, 2.05) is 27.7 Å². The third kappa shape index (κ3) is 38.1. The van der Waals surface area contributed by atoms with Gasteiger partial charge in [-0.2, -0.15) is 0 Å². The Morgan fingerprint density at radius 3 is 1.37 bits per heavy atom. The van der Waals surface area contributed by atoms with Crippen LogP contribution in [-0.2, 0) is 0 Å². The van der Waals surface area contributed by atoms with Crippen LogP contribution in [0.5, 0.6) is 0 Å². The Morgan fingerprint density at radius 2 is 1.16 bits per heavy atom. The average molecular weight is 273 g/mol. The monoisotopic (exact) mass is 272 g/mol. The van der Waals surface area contributed by atoms with Gasteiger partial charge in [0.2, 0.25) is 0 Å². The molecule has 0 N–H and O–H groups in total. The summed E-state index contributed by atoms with van der Waals surface area (Å²) in [5.74, 6) is 1.59. The Balaban J connectivity index is -0.000000118. The van der Waals surface area contributed by atoms with Crippen LogP contribution in [0.2, 0.25) is 0 Å². The number of hydrogen-bond donors (Lipinski definition) is 0. The van der Waals surface area contributed by atoms with Gasteiger partial charge in [-0.3, -0.25) is 0 Å². The van der Waals surface area contributed by atoms with Crippen LogP contribution in [0.3, 0.4) is 0 Å². The Labute approximate surface area is 126 Å². The van der Waals surface area contributed by atoms with Crippen LogP contribution in [0, 0.1) is 11.8 Å². The second-order valence-electron chi connectivity index (χ2n) is 5.07. The van der Waals surface area contributed by atoms with Crippen molar-refractivity contribution in [1.29, 1.82) is 0 Å². The minimum atomic E-state index is 0.770. The van der Waals surface area contributed by atoms with Crippen molar-refractivity contribution in [2.45, 2.75) is 101 Å². The SMILES string of the molecule is C=C(CC(C)C)CC(C)CC.CC.CC.CCCC. The van der Waals surface area contributed by atoms with E-state index < -0.39 is 0 Å². The minimum Gasteiger partial charge on any atom is -0.0998 e. The fourth-order valence-corrected chi connectivity index (χ4v) is 1.30. The van der Waals surface area contributed by atoms with E-state index in [0.29, 0.717) is 0 Å². The second-order valence-corrected chi connectivity index (χ2v) is 5.07. The lowest BCUT2D eigenvalue weighted by Gasteiger charge is -2.12. The van der Waals surface area contributed by atoms with Crippen molar-refractivity contribution < 1.29 is 0 Å². The molecule has 0 aromatic rings. The summed E-state index contributed by atoms with van der Waals surface area (Å²) < 4.78 is 0. The molecule has 0 aromatic carbocycles. The van der Waals surface area contributed by atoms with Crippen LogP contribution in [0.15, 0.2) is 12.2 Å². The first kappa shape index (κ1) is 27.1. The average Bonchev–Trinajstić information content (AvgIpc) is 2.42. The van der Waals surface area contributed by atoms with Crippen LogP contribution < -0.4 is 0 Å². The van der Waals surface area contributed by atoms with Gasteiger partial charge >= 0.3 is 0 Å². The molecule has 1 unspecified atom stereocenters. The molecule has 0 nitrogen and oxygen atoms in total. The molecule has 0 bridgehead atoms. The smallest absolute Gasteiger partial charge is 0.0297 e. The molecule has 0 aromatic heterocycles. The molecule has 0 heteroatoms. The molecule has 0 saturated heterocycles.